The Labute approximate surface area is 186 Å². The summed E-state index contributed by atoms with van der Waals surface area (Å²) in [5.41, 5.74) is 3.50. The van der Waals surface area contributed by atoms with E-state index in [1.54, 1.807) is 0 Å². The first-order valence-electron chi connectivity index (χ1n) is 10.1. The van der Waals surface area contributed by atoms with Crippen LogP contribution in [-0.2, 0) is 12.0 Å². The smallest absolute Gasteiger partial charge is 0.256 e. The van der Waals surface area contributed by atoms with Gasteiger partial charge in [0, 0.05) is 21.5 Å². The van der Waals surface area contributed by atoms with Crippen molar-refractivity contribution in [2.75, 3.05) is 5.32 Å². The van der Waals surface area contributed by atoms with E-state index in [4.69, 9.17) is 16.3 Å². The van der Waals surface area contributed by atoms with Gasteiger partial charge in [0.2, 0.25) is 0 Å². The lowest BCUT2D eigenvalue weighted by atomic mass is 9.87. The molecular weight excluding hydrogens is 410 g/mol. The lowest BCUT2D eigenvalue weighted by Crippen LogP contribution is -2.14. The molecular formula is C25H24ClN3O2. The summed E-state index contributed by atoms with van der Waals surface area (Å²) in [4.78, 5) is 12.7. The number of nitrogens with zero attached hydrogens (tertiary/aromatic N) is 1. The highest BCUT2D eigenvalue weighted by Gasteiger charge is 2.16. The number of benzene rings is 3. The molecule has 1 amide bonds. The Kier molecular flexibility index (Phi) is 5.70. The van der Waals surface area contributed by atoms with Gasteiger partial charge in [-0.1, -0.05) is 62.7 Å². The summed E-state index contributed by atoms with van der Waals surface area (Å²) in [6, 6.07) is 20.8. The molecule has 0 fully saturated rings. The van der Waals surface area contributed by atoms with Gasteiger partial charge >= 0.3 is 0 Å². The first-order chi connectivity index (χ1) is 14.8. The first-order valence-corrected chi connectivity index (χ1v) is 10.5. The SMILES string of the molecule is CC(C)(C)c1ccc(C(=O)Nc2n[nH]c3ccc(OCc4ccccc4Cl)cc23)cc1. The van der Waals surface area contributed by atoms with Crippen LogP contribution in [0.3, 0.4) is 0 Å². The van der Waals surface area contributed by atoms with E-state index in [2.05, 4.69) is 36.3 Å². The molecule has 0 saturated carbocycles. The second kappa shape index (κ2) is 8.44. The number of anilines is 1. The van der Waals surface area contributed by atoms with Crippen LogP contribution in [0.2, 0.25) is 5.02 Å². The van der Waals surface area contributed by atoms with E-state index in [0.717, 1.165) is 16.5 Å². The lowest BCUT2D eigenvalue weighted by molar-refractivity contribution is 0.102. The molecule has 0 radical (unpaired) electrons. The molecule has 0 aliphatic carbocycles. The van der Waals surface area contributed by atoms with E-state index in [9.17, 15) is 4.79 Å². The van der Waals surface area contributed by atoms with Crippen molar-refractivity contribution in [1.82, 2.24) is 10.2 Å². The van der Waals surface area contributed by atoms with E-state index in [1.165, 1.54) is 5.56 Å². The van der Waals surface area contributed by atoms with Crippen LogP contribution in [0.25, 0.3) is 10.9 Å². The Bertz CT molecular complexity index is 1220. The molecule has 1 heterocycles. The fourth-order valence-electron chi connectivity index (χ4n) is 3.26. The predicted molar refractivity (Wildman–Crippen MR) is 125 cm³/mol. The Morgan fingerprint density at radius 3 is 2.52 bits per heavy atom. The van der Waals surface area contributed by atoms with Gasteiger partial charge in [-0.25, -0.2) is 0 Å². The molecule has 0 aliphatic rings. The van der Waals surface area contributed by atoms with Crippen LogP contribution in [0, 0.1) is 0 Å². The molecule has 0 atom stereocenters. The van der Waals surface area contributed by atoms with Gasteiger partial charge in [0.25, 0.3) is 5.91 Å². The minimum Gasteiger partial charge on any atom is -0.489 e. The minimum absolute atomic E-state index is 0.0355. The maximum atomic E-state index is 12.7. The molecule has 3 aromatic carbocycles. The van der Waals surface area contributed by atoms with E-state index in [1.807, 2.05) is 66.7 Å². The third kappa shape index (κ3) is 4.72. The fourth-order valence-corrected chi connectivity index (χ4v) is 3.45. The van der Waals surface area contributed by atoms with Crippen LogP contribution in [0.5, 0.6) is 5.75 Å². The van der Waals surface area contributed by atoms with Crippen molar-refractivity contribution in [2.45, 2.75) is 32.8 Å². The Morgan fingerprint density at radius 2 is 1.81 bits per heavy atom. The molecule has 0 spiro atoms. The first kappa shape index (κ1) is 20.9. The summed E-state index contributed by atoms with van der Waals surface area (Å²) in [6.45, 7) is 6.78. The number of aromatic nitrogens is 2. The summed E-state index contributed by atoms with van der Waals surface area (Å²) >= 11 is 6.20. The summed E-state index contributed by atoms with van der Waals surface area (Å²) < 4.78 is 5.90. The highest BCUT2D eigenvalue weighted by molar-refractivity contribution is 6.31. The molecule has 0 aliphatic heterocycles. The van der Waals surface area contributed by atoms with Crippen molar-refractivity contribution < 1.29 is 9.53 Å². The average molecular weight is 434 g/mol. The van der Waals surface area contributed by atoms with Crippen LogP contribution in [-0.4, -0.2) is 16.1 Å². The molecule has 4 rings (SSSR count). The van der Waals surface area contributed by atoms with E-state index in [-0.39, 0.29) is 11.3 Å². The predicted octanol–water partition coefficient (Wildman–Crippen LogP) is 6.35. The van der Waals surface area contributed by atoms with Gasteiger partial charge in [-0.05, 0) is 47.4 Å². The topological polar surface area (TPSA) is 67.0 Å². The van der Waals surface area contributed by atoms with Gasteiger partial charge in [-0.3, -0.25) is 9.89 Å². The molecule has 1 aromatic heterocycles. The number of aromatic amines is 1. The third-order valence-electron chi connectivity index (χ3n) is 5.13. The molecule has 2 N–H and O–H groups in total. The summed E-state index contributed by atoms with van der Waals surface area (Å²) in [5.74, 6) is 0.915. The largest absolute Gasteiger partial charge is 0.489 e. The Balaban J connectivity index is 1.51. The second-order valence-electron chi connectivity index (χ2n) is 8.44. The number of hydrogen-bond acceptors (Lipinski definition) is 3. The molecule has 158 valence electrons. The maximum Gasteiger partial charge on any atom is 0.256 e. The highest BCUT2D eigenvalue weighted by Crippen LogP contribution is 2.27. The summed E-state index contributed by atoms with van der Waals surface area (Å²) in [5, 5.41) is 11.5. The van der Waals surface area contributed by atoms with Gasteiger partial charge in [-0.15, -0.1) is 0 Å². The number of rotatable bonds is 5. The average Bonchev–Trinajstić information content (AvgIpc) is 3.14. The molecule has 31 heavy (non-hydrogen) atoms. The number of ether oxygens (including phenoxy) is 1. The van der Waals surface area contributed by atoms with Crippen molar-refractivity contribution in [1.29, 1.82) is 0 Å². The molecule has 0 bridgehead atoms. The zero-order valence-corrected chi connectivity index (χ0v) is 18.5. The van der Waals surface area contributed by atoms with E-state index in [0.29, 0.717) is 28.8 Å². The van der Waals surface area contributed by atoms with Gasteiger partial charge in [0.15, 0.2) is 5.82 Å². The third-order valence-corrected chi connectivity index (χ3v) is 5.50. The number of hydrogen-bond donors (Lipinski definition) is 2. The lowest BCUT2D eigenvalue weighted by Gasteiger charge is -2.19. The van der Waals surface area contributed by atoms with Crippen molar-refractivity contribution in [3.8, 4) is 5.75 Å². The van der Waals surface area contributed by atoms with Gasteiger partial charge in [-0.2, -0.15) is 5.10 Å². The highest BCUT2D eigenvalue weighted by atomic mass is 35.5. The summed E-state index contributed by atoms with van der Waals surface area (Å²) in [6.07, 6.45) is 0. The number of H-pyrrole nitrogens is 1. The maximum absolute atomic E-state index is 12.7. The van der Waals surface area contributed by atoms with Crippen LogP contribution >= 0.6 is 11.6 Å². The molecule has 4 aromatic rings. The molecule has 6 heteroatoms. The van der Waals surface area contributed by atoms with E-state index >= 15 is 0 Å². The zero-order chi connectivity index (χ0) is 22.0. The normalized spacial score (nSPS) is 11.5. The quantitative estimate of drug-likeness (QED) is 0.385. The number of halogens is 1. The number of carbonyl (C=O) groups is 1. The van der Waals surface area contributed by atoms with Gasteiger partial charge in [0.05, 0.1) is 5.52 Å². The van der Waals surface area contributed by atoms with E-state index < -0.39 is 0 Å². The number of amides is 1. The molecule has 0 saturated heterocycles. The monoisotopic (exact) mass is 433 g/mol. The number of nitrogens with one attached hydrogen (secondary N) is 2. The number of carbonyl (C=O) groups excluding carboxylic acids is 1. The standard InChI is InChI=1S/C25H24ClN3O2/c1-25(2,3)18-10-8-16(9-11-18)24(30)27-23-20-14-19(12-13-22(20)28-29-23)31-15-17-6-4-5-7-21(17)26/h4-14H,15H2,1-3H3,(H2,27,28,29,30). The van der Waals surface area contributed by atoms with Crippen molar-refractivity contribution in [3.05, 3.63) is 88.4 Å². The van der Waals surface area contributed by atoms with Crippen LogP contribution in [0.1, 0.15) is 42.3 Å². The van der Waals surface area contributed by atoms with Crippen LogP contribution in [0.4, 0.5) is 5.82 Å². The fraction of sp³-hybridized carbons (Fsp3) is 0.200. The molecule has 5 nitrogen and oxygen atoms in total. The number of fused-ring (bicyclic) bond motifs is 1. The second-order valence-corrected chi connectivity index (χ2v) is 8.85. The van der Waals surface area contributed by atoms with Gasteiger partial charge in [0.1, 0.15) is 12.4 Å². The van der Waals surface area contributed by atoms with Crippen LogP contribution < -0.4 is 10.1 Å². The zero-order valence-electron chi connectivity index (χ0n) is 17.7. The molecule has 0 unspecified atom stereocenters. The minimum atomic E-state index is -0.212. The van der Waals surface area contributed by atoms with Crippen molar-refractivity contribution in [2.24, 2.45) is 0 Å². The van der Waals surface area contributed by atoms with Gasteiger partial charge < -0.3 is 10.1 Å². The van der Waals surface area contributed by atoms with Crippen molar-refractivity contribution >= 4 is 34.2 Å². The van der Waals surface area contributed by atoms with Crippen LogP contribution in [0.15, 0.2) is 66.7 Å². The Hall–Kier alpha value is -3.31. The van der Waals surface area contributed by atoms with Crippen molar-refractivity contribution in [3.63, 3.8) is 0 Å². The Morgan fingerprint density at radius 1 is 1.06 bits per heavy atom. The summed E-state index contributed by atoms with van der Waals surface area (Å²) in [7, 11) is 0.